The molecule has 0 atom stereocenters. The van der Waals surface area contributed by atoms with Gasteiger partial charge in [-0.25, -0.2) is 0 Å². The number of rotatable bonds is 4. The summed E-state index contributed by atoms with van der Waals surface area (Å²) in [5, 5.41) is 0. The molecule has 0 saturated heterocycles. The van der Waals surface area contributed by atoms with Gasteiger partial charge in [0.1, 0.15) is 0 Å². The molecular weight excluding hydrogens is 222 g/mol. The van der Waals surface area contributed by atoms with Gasteiger partial charge in [-0.15, -0.1) is 0 Å². The number of benzene rings is 2. The average Bonchev–Trinajstić information content (AvgIpc) is 2.39. The van der Waals surface area contributed by atoms with Crippen molar-refractivity contribution >= 4 is 5.78 Å². The van der Waals surface area contributed by atoms with Gasteiger partial charge in [-0.2, -0.15) is 0 Å². The van der Waals surface area contributed by atoms with Gasteiger partial charge < -0.3 is 5.73 Å². The quantitative estimate of drug-likeness (QED) is 0.834. The second-order valence-corrected chi connectivity index (χ2v) is 4.44. The third-order valence-corrected chi connectivity index (χ3v) is 3.03. The zero-order valence-corrected chi connectivity index (χ0v) is 10.5. The summed E-state index contributed by atoms with van der Waals surface area (Å²) in [6, 6.07) is 15.5. The van der Waals surface area contributed by atoms with Crippen LogP contribution in [0.5, 0.6) is 0 Å². The first kappa shape index (κ1) is 12.5. The van der Waals surface area contributed by atoms with Crippen molar-refractivity contribution in [1.82, 2.24) is 0 Å². The number of aryl methyl sites for hydroxylation is 1. The minimum absolute atomic E-state index is 0.139. The maximum absolute atomic E-state index is 12.2. The first-order valence-electron chi connectivity index (χ1n) is 6.07. The molecule has 2 aromatic carbocycles. The van der Waals surface area contributed by atoms with Crippen LogP contribution in [0.2, 0.25) is 0 Å². The summed E-state index contributed by atoms with van der Waals surface area (Å²) in [5.74, 6) is 0.139. The Kier molecular flexibility index (Phi) is 3.90. The van der Waals surface area contributed by atoms with Crippen LogP contribution >= 0.6 is 0 Å². The summed E-state index contributed by atoms with van der Waals surface area (Å²) in [6.45, 7) is 2.46. The lowest BCUT2D eigenvalue weighted by Gasteiger charge is -2.07. The number of nitrogens with two attached hydrogens (primary N) is 1. The van der Waals surface area contributed by atoms with Gasteiger partial charge in [0.15, 0.2) is 5.78 Å². The maximum atomic E-state index is 12.2. The van der Waals surface area contributed by atoms with E-state index >= 15 is 0 Å². The largest absolute Gasteiger partial charge is 0.326 e. The topological polar surface area (TPSA) is 43.1 Å². The van der Waals surface area contributed by atoms with Gasteiger partial charge in [0, 0.05) is 18.5 Å². The fraction of sp³-hybridized carbons (Fsp3) is 0.188. The van der Waals surface area contributed by atoms with E-state index in [2.05, 4.69) is 0 Å². The van der Waals surface area contributed by atoms with Crippen LogP contribution in [0.1, 0.15) is 27.0 Å². The van der Waals surface area contributed by atoms with Crippen LogP contribution < -0.4 is 5.73 Å². The van der Waals surface area contributed by atoms with E-state index in [9.17, 15) is 4.79 Å². The van der Waals surface area contributed by atoms with Gasteiger partial charge in [-0.05, 0) is 24.1 Å². The fourth-order valence-electron chi connectivity index (χ4n) is 2.02. The van der Waals surface area contributed by atoms with E-state index in [0.29, 0.717) is 13.0 Å². The molecule has 0 spiro atoms. The molecular formula is C16H17NO. The number of hydrogen-bond donors (Lipinski definition) is 1. The van der Waals surface area contributed by atoms with Crippen LogP contribution in [0.25, 0.3) is 0 Å². The Labute approximate surface area is 107 Å². The Morgan fingerprint density at radius 3 is 2.44 bits per heavy atom. The lowest BCUT2D eigenvalue weighted by Crippen LogP contribution is -2.08. The molecule has 0 amide bonds. The summed E-state index contributed by atoms with van der Waals surface area (Å²) in [7, 11) is 0. The fourth-order valence-corrected chi connectivity index (χ4v) is 2.02. The van der Waals surface area contributed by atoms with Gasteiger partial charge in [-0.3, -0.25) is 4.79 Å². The van der Waals surface area contributed by atoms with Gasteiger partial charge in [-0.1, -0.05) is 48.0 Å². The molecule has 2 rings (SSSR count). The van der Waals surface area contributed by atoms with Crippen LogP contribution in [0, 0.1) is 6.92 Å². The molecule has 0 fully saturated rings. The van der Waals surface area contributed by atoms with Crippen LogP contribution in [0.15, 0.2) is 48.5 Å². The predicted octanol–water partition coefficient (Wildman–Crippen LogP) is 2.88. The highest BCUT2D eigenvalue weighted by atomic mass is 16.1. The third kappa shape index (κ3) is 2.84. The van der Waals surface area contributed by atoms with Crippen LogP contribution in [-0.2, 0) is 13.0 Å². The van der Waals surface area contributed by atoms with E-state index in [1.54, 1.807) is 0 Å². The number of carbonyl (C=O) groups is 1. The third-order valence-electron chi connectivity index (χ3n) is 3.03. The molecule has 2 aromatic rings. The lowest BCUT2D eigenvalue weighted by atomic mass is 9.98. The minimum Gasteiger partial charge on any atom is -0.326 e. The van der Waals surface area contributed by atoms with Gasteiger partial charge in [0.2, 0.25) is 0 Å². The van der Waals surface area contributed by atoms with Gasteiger partial charge >= 0.3 is 0 Å². The molecule has 0 aliphatic carbocycles. The van der Waals surface area contributed by atoms with Crippen molar-refractivity contribution < 1.29 is 4.79 Å². The van der Waals surface area contributed by atoms with E-state index in [1.807, 2.05) is 55.5 Å². The summed E-state index contributed by atoms with van der Waals surface area (Å²) >= 11 is 0. The lowest BCUT2D eigenvalue weighted by molar-refractivity contribution is 0.0992. The highest BCUT2D eigenvalue weighted by Crippen LogP contribution is 2.13. The first-order chi connectivity index (χ1) is 8.70. The molecule has 92 valence electrons. The first-order valence-corrected chi connectivity index (χ1v) is 6.07. The monoisotopic (exact) mass is 239 g/mol. The van der Waals surface area contributed by atoms with E-state index in [4.69, 9.17) is 5.73 Å². The standard InChI is InChI=1S/C16H17NO/c1-12-5-4-8-14(9-12)16(18)10-13-6-2-3-7-15(13)11-17/h2-9H,10-11,17H2,1H3. The molecule has 2 nitrogen and oxygen atoms in total. The normalized spacial score (nSPS) is 10.3. The maximum Gasteiger partial charge on any atom is 0.167 e. The molecule has 0 saturated carbocycles. The zero-order chi connectivity index (χ0) is 13.0. The summed E-state index contributed by atoms with van der Waals surface area (Å²) < 4.78 is 0. The van der Waals surface area contributed by atoms with Crippen molar-refractivity contribution in [2.75, 3.05) is 0 Å². The van der Waals surface area contributed by atoms with Crippen molar-refractivity contribution in [3.05, 3.63) is 70.8 Å². The molecule has 18 heavy (non-hydrogen) atoms. The Hall–Kier alpha value is -1.93. The van der Waals surface area contributed by atoms with Gasteiger partial charge in [0.05, 0.1) is 0 Å². The SMILES string of the molecule is Cc1cccc(C(=O)Cc2ccccc2CN)c1. The van der Waals surface area contributed by atoms with Crippen molar-refractivity contribution in [2.24, 2.45) is 5.73 Å². The Balaban J connectivity index is 2.21. The highest BCUT2D eigenvalue weighted by Gasteiger charge is 2.09. The molecule has 0 aliphatic heterocycles. The molecule has 2 heteroatoms. The molecule has 0 unspecified atom stereocenters. The Morgan fingerprint density at radius 2 is 1.78 bits per heavy atom. The van der Waals surface area contributed by atoms with Crippen molar-refractivity contribution in [2.45, 2.75) is 19.9 Å². The molecule has 0 heterocycles. The summed E-state index contributed by atoms with van der Waals surface area (Å²) in [5.41, 5.74) is 9.61. The Morgan fingerprint density at radius 1 is 1.06 bits per heavy atom. The van der Waals surface area contributed by atoms with E-state index < -0.39 is 0 Å². The van der Waals surface area contributed by atoms with Crippen molar-refractivity contribution in [3.63, 3.8) is 0 Å². The smallest absolute Gasteiger partial charge is 0.167 e. The van der Waals surface area contributed by atoms with Crippen LogP contribution in [0.3, 0.4) is 0 Å². The van der Waals surface area contributed by atoms with Gasteiger partial charge in [0.25, 0.3) is 0 Å². The molecule has 2 N–H and O–H groups in total. The number of carbonyl (C=O) groups excluding carboxylic acids is 1. The molecule has 0 bridgehead atoms. The van der Waals surface area contributed by atoms with Crippen LogP contribution in [-0.4, -0.2) is 5.78 Å². The average molecular weight is 239 g/mol. The zero-order valence-electron chi connectivity index (χ0n) is 10.5. The van der Waals surface area contributed by atoms with E-state index in [-0.39, 0.29) is 5.78 Å². The van der Waals surface area contributed by atoms with Crippen molar-refractivity contribution in [1.29, 1.82) is 0 Å². The molecule has 0 aromatic heterocycles. The number of hydrogen-bond acceptors (Lipinski definition) is 2. The summed E-state index contributed by atoms with van der Waals surface area (Å²) in [4.78, 5) is 12.2. The highest BCUT2D eigenvalue weighted by molar-refractivity contribution is 5.97. The minimum atomic E-state index is 0.139. The van der Waals surface area contributed by atoms with E-state index in [1.165, 1.54) is 0 Å². The molecule has 0 aliphatic rings. The Bertz CT molecular complexity index is 561. The van der Waals surface area contributed by atoms with E-state index in [0.717, 1.165) is 22.3 Å². The number of ketones is 1. The molecule has 0 radical (unpaired) electrons. The predicted molar refractivity (Wildman–Crippen MR) is 73.5 cm³/mol. The summed E-state index contributed by atoms with van der Waals surface area (Å²) in [6.07, 6.45) is 0.414. The van der Waals surface area contributed by atoms with Crippen LogP contribution in [0.4, 0.5) is 0 Å². The van der Waals surface area contributed by atoms with Crippen molar-refractivity contribution in [3.8, 4) is 0 Å². The number of Topliss-reactive ketones (excluding diaryl/α,β-unsaturated/α-hetero) is 1. The second-order valence-electron chi connectivity index (χ2n) is 4.44. The second kappa shape index (κ2) is 5.61.